The van der Waals surface area contributed by atoms with Crippen molar-refractivity contribution in [1.29, 1.82) is 5.41 Å². The molecule has 2 heterocycles. The van der Waals surface area contributed by atoms with Crippen molar-refractivity contribution in [3.05, 3.63) is 82.0 Å². The number of nitrogens with one attached hydrogen (secondary N) is 3. The SMILES string of the molecule is COc1cc(Cl)cc(C(=O)Nc2ccc(C)cn2)c1NC(=O)c1ccc(C(=N)N2CCCCC2)cc1. The second-order valence-electron chi connectivity index (χ2n) is 8.63. The summed E-state index contributed by atoms with van der Waals surface area (Å²) in [5.41, 5.74) is 2.43. The molecule has 186 valence electrons. The molecule has 3 N–H and O–H groups in total. The Labute approximate surface area is 215 Å². The van der Waals surface area contributed by atoms with Crippen molar-refractivity contribution < 1.29 is 14.3 Å². The predicted molar refractivity (Wildman–Crippen MR) is 142 cm³/mol. The van der Waals surface area contributed by atoms with Crippen LogP contribution < -0.4 is 15.4 Å². The number of methoxy groups -OCH3 is 1. The fourth-order valence-electron chi connectivity index (χ4n) is 4.04. The molecule has 3 aromatic rings. The zero-order valence-electron chi connectivity index (χ0n) is 20.2. The minimum atomic E-state index is -0.493. The number of carbonyl (C=O) groups excluding carboxylic acids is 2. The van der Waals surface area contributed by atoms with Crippen LogP contribution in [-0.4, -0.2) is 47.7 Å². The molecule has 2 amide bonds. The minimum Gasteiger partial charge on any atom is -0.494 e. The van der Waals surface area contributed by atoms with Crippen LogP contribution >= 0.6 is 11.6 Å². The Morgan fingerprint density at radius 1 is 0.972 bits per heavy atom. The van der Waals surface area contributed by atoms with Gasteiger partial charge in [-0.25, -0.2) is 4.98 Å². The molecule has 0 aliphatic carbocycles. The van der Waals surface area contributed by atoms with Crippen LogP contribution in [0.25, 0.3) is 0 Å². The summed E-state index contributed by atoms with van der Waals surface area (Å²) in [5.74, 6) is 0.168. The maximum atomic E-state index is 13.1. The van der Waals surface area contributed by atoms with Gasteiger partial charge in [-0.2, -0.15) is 0 Å². The van der Waals surface area contributed by atoms with E-state index in [0.29, 0.717) is 17.2 Å². The number of anilines is 2. The number of ether oxygens (including phenoxy) is 1. The van der Waals surface area contributed by atoms with Crippen LogP contribution in [-0.2, 0) is 0 Å². The van der Waals surface area contributed by atoms with Crippen LogP contribution in [0.3, 0.4) is 0 Å². The molecule has 0 atom stereocenters. The molecule has 0 unspecified atom stereocenters. The van der Waals surface area contributed by atoms with E-state index in [1.807, 2.05) is 13.0 Å². The van der Waals surface area contributed by atoms with E-state index in [2.05, 4.69) is 20.5 Å². The number of nitrogens with zero attached hydrogens (tertiary/aromatic N) is 2. The number of pyridine rings is 1. The number of amides is 2. The van der Waals surface area contributed by atoms with Gasteiger partial charge in [-0.15, -0.1) is 0 Å². The van der Waals surface area contributed by atoms with Gasteiger partial charge in [0.15, 0.2) is 0 Å². The molecular formula is C27H28ClN5O3. The maximum Gasteiger partial charge on any atom is 0.259 e. The monoisotopic (exact) mass is 505 g/mol. The highest BCUT2D eigenvalue weighted by Crippen LogP contribution is 2.33. The number of benzene rings is 2. The van der Waals surface area contributed by atoms with Crippen LogP contribution in [0.1, 0.15) is 51.1 Å². The third-order valence-electron chi connectivity index (χ3n) is 6.02. The number of hydrogen-bond acceptors (Lipinski definition) is 5. The molecule has 0 radical (unpaired) electrons. The minimum absolute atomic E-state index is 0.138. The third kappa shape index (κ3) is 5.83. The summed E-state index contributed by atoms with van der Waals surface area (Å²) in [6.07, 6.45) is 5.01. The van der Waals surface area contributed by atoms with Crippen molar-refractivity contribution >= 4 is 40.8 Å². The predicted octanol–water partition coefficient (Wildman–Crippen LogP) is 5.37. The molecule has 1 aliphatic heterocycles. The van der Waals surface area contributed by atoms with Crippen molar-refractivity contribution in [3.63, 3.8) is 0 Å². The zero-order valence-corrected chi connectivity index (χ0v) is 21.0. The van der Waals surface area contributed by atoms with Crippen molar-refractivity contribution in [3.8, 4) is 5.75 Å². The van der Waals surface area contributed by atoms with E-state index in [-0.39, 0.29) is 22.0 Å². The Bertz CT molecular complexity index is 1270. The molecular weight excluding hydrogens is 478 g/mol. The number of hydrogen-bond donors (Lipinski definition) is 3. The van der Waals surface area contributed by atoms with Crippen LogP contribution in [0.15, 0.2) is 54.7 Å². The standard InChI is InChI=1S/C27H28ClN5O3/c1-17-6-11-23(30-16-17)31-27(35)21-14-20(28)15-22(36-2)24(21)32-26(34)19-9-7-18(8-10-19)25(29)33-12-4-3-5-13-33/h6-11,14-16,29H,3-5,12-13H2,1-2H3,(H,32,34)(H,30,31,35). The van der Waals surface area contributed by atoms with Crippen LogP contribution in [0.4, 0.5) is 11.5 Å². The molecule has 0 bridgehead atoms. The molecule has 4 rings (SSSR count). The van der Waals surface area contributed by atoms with Crippen molar-refractivity contribution in [1.82, 2.24) is 9.88 Å². The third-order valence-corrected chi connectivity index (χ3v) is 6.23. The van der Waals surface area contributed by atoms with E-state index in [0.717, 1.165) is 37.1 Å². The summed E-state index contributed by atoms with van der Waals surface area (Å²) in [4.78, 5) is 32.5. The van der Waals surface area contributed by atoms with Crippen LogP contribution in [0.2, 0.25) is 5.02 Å². The smallest absolute Gasteiger partial charge is 0.259 e. The Balaban J connectivity index is 1.55. The molecule has 1 saturated heterocycles. The van der Waals surface area contributed by atoms with Gasteiger partial charge in [-0.1, -0.05) is 29.8 Å². The zero-order chi connectivity index (χ0) is 25.7. The Morgan fingerprint density at radius 2 is 1.67 bits per heavy atom. The van der Waals surface area contributed by atoms with Gasteiger partial charge in [0.1, 0.15) is 17.4 Å². The lowest BCUT2D eigenvalue weighted by atomic mass is 10.1. The summed E-state index contributed by atoms with van der Waals surface area (Å²) >= 11 is 6.22. The van der Waals surface area contributed by atoms with Crippen molar-refractivity contribution in [2.45, 2.75) is 26.2 Å². The first kappa shape index (κ1) is 25.2. The van der Waals surface area contributed by atoms with E-state index in [1.54, 1.807) is 36.5 Å². The van der Waals surface area contributed by atoms with Gasteiger partial charge in [0.2, 0.25) is 0 Å². The lowest BCUT2D eigenvalue weighted by Crippen LogP contribution is -2.35. The van der Waals surface area contributed by atoms with Gasteiger partial charge in [0.05, 0.1) is 18.4 Å². The van der Waals surface area contributed by atoms with E-state index in [9.17, 15) is 9.59 Å². The first-order chi connectivity index (χ1) is 17.4. The molecule has 1 aromatic heterocycles. The van der Waals surface area contributed by atoms with Gasteiger partial charge in [-0.05, 0) is 56.0 Å². The van der Waals surface area contributed by atoms with E-state index in [4.69, 9.17) is 21.7 Å². The Morgan fingerprint density at radius 3 is 2.31 bits per heavy atom. The molecule has 9 heteroatoms. The number of aromatic nitrogens is 1. The number of piperidine rings is 1. The van der Waals surface area contributed by atoms with E-state index >= 15 is 0 Å². The molecule has 1 fully saturated rings. The van der Waals surface area contributed by atoms with Crippen LogP contribution in [0, 0.1) is 12.3 Å². The summed E-state index contributed by atoms with van der Waals surface area (Å²) in [6.45, 7) is 3.65. The highest BCUT2D eigenvalue weighted by molar-refractivity contribution is 6.31. The Kier molecular flexibility index (Phi) is 7.85. The van der Waals surface area contributed by atoms with E-state index in [1.165, 1.54) is 25.7 Å². The van der Waals surface area contributed by atoms with Crippen molar-refractivity contribution in [2.75, 3.05) is 30.8 Å². The number of halogens is 1. The van der Waals surface area contributed by atoms with Crippen molar-refractivity contribution in [2.24, 2.45) is 0 Å². The second kappa shape index (κ2) is 11.2. The number of rotatable bonds is 6. The topological polar surface area (TPSA) is 107 Å². The fraction of sp³-hybridized carbons (Fsp3) is 0.259. The average Bonchev–Trinajstić information content (AvgIpc) is 2.90. The highest BCUT2D eigenvalue weighted by Gasteiger charge is 2.21. The molecule has 2 aromatic carbocycles. The summed E-state index contributed by atoms with van der Waals surface area (Å²) < 4.78 is 5.41. The quantitative estimate of drug-likeness (QED) is 0.308. The summed E-state index contributed by atoms with van der Waals surface area (Å²) in [7, 11) is 1.44. The number of carbonyl (C=O) groups is 2. The average molecular weight is 506 g/mol. The number of aryl methyl sites for hydroxylation is 1. The molecule has 8 nitrogen and oxygen atoms in total. The molecule has 0 spiro atoms. The number of likely N-dealkylation sites (tertiary alicyclic amines) is 1. The maximum absolute atomic E-state index is 13.1. The highest BCUT2D eigenvalue weighted by atomic mass is 35.5. The lowest BCUT2D eigenvalue weighted by Gasteiger charge is -2.29. The largest absolute Gasteiger partial charge is 0.494 e. The van der Waals surface area contributed by atoms with Gasteiger partial charge >= 0.3 is 0 Å². The van der Waals surface area contributed by atoms with Gasteiger partial charge in [0.25, 0.3) is 11.8 Å². The molecule has 36 heavy (non-hydrogen) atoms. The summed E-state index contributed by atoms with van der Waals surface area (Å²) in [6, 6.07) is 13.4. The fourth-order valence-corrected chi connectivity index (χ4v) is 4.25. The number of amidine groups is 1. The van der Waals surface area contributed by atoms with Gasteiger partial charge in [-0.3, -0.25) is 15.0 Å². The molecule has 0 saturated carbocycles. The second-order valence-corrected chi connectivity index (χ2v) is 9.07. The molecule has 1 aliphatic rings. The van der Waals surface area contributed by atoms with Gasteiger partial charge < -0.3 is 20.3 Å². The summed E-state index contributed by atoms with van der Waals surface area (Å²) in [5, 5.41) is 14.3. The van der Waals surface area contributed by atoms with Crippen LogP contribution in [0.5, 0.6) is 5.75 Å². The van der Waals surface area contributed by atoms with Gasteiger partial charge in [0, 0.05) is 41.5 Å². The first-order valence-electron chi connectivity index (χ1n) is 11.7. The normalized spacial score (nSPS) is 13.1. The lowest BCUT2D eigenvalue weighted by molar-refractivity contribution is 0.102. The first-order valence-corrected chi connectivity index (χ1v) is 12.1. The van der Waals surface area contributed by atoms with E-state index < -0.39 is 11.8 Å². The Hall–Kier alpha value is -3.91.